The van der Waals surface area contributed by atoms with Crippen molar-refractivity contribution in [2.45, 2.75) is 19.3 Å². The summed E-state index contributed by atoms with van der Waals surface area (Å²) in [6.07, 6.45) is 0. The fourth-order valence-electron chi connectivity index (χ4n) is 8.40. The van der Waals surface area contributed by atoms with Crippen LogP contribution in [0.15, 0.2) is 180 Å². The molecule has 0 amide bonds. The van der Waals surface area contributed by atoms with Crippen molar-refractivity contribution in [2.24, 2.45) is 0 Å². The van der Waals surface area contributed by atoms with E-state index in [1.807, 2.05) is 12.1 Å². The smallest absolute Gasteiger partial charge is 0.136 e. The quantitative estimate of drug-likeness (QED) is 0.184. The minimum absolute atomic E-state index is 0.0964. The second kappa shape index (κ2) is 11.3. The van der Waals surface area contributed by atoms with Crippen LogP contribution in [0.25, 0.3) is 66.1 Å². The normalized spacial score (nSPS) is 13.1. The first-order chi connectivity index (χ1) is 25.1. The van der Waals surface area contributed by atoms with E-state index < -0.39 is 0 Å². The van der Waals surface area contributed by atoms with Crippen LogP contribution in [-0.4, -0.2) is 0 Å². The summed E-state index contributed by atoms with van der Waals surface area (Å²) in [5, 5.41) is 4.75. The van der Waals surface area contributed by atoms with Crippen molar-refractivity contribution >= 4 is 49.8 Å². The molecular weight excluding hydrogens is 619 g/mol. The molecule has 0 N–H and O–H groups in total. The number of furan rings is 1. The van der Waals surface area contributed by atoms with Crippen molar-refractivity contribution in [1.82, 2.24) is 0 Å². The number of anilines is 3. The zero-order valence-electron chi connectivity index (χ0n) is 28.6. The zero-order chi connectivity index (χ0) is 34.1. The Labute approximate surface area is 297 Å². The fourth-order valence-corrected chi connectivity index (χ4v) is 8.40. The molecule has 242 valence electrons. The summed E-state index contributed by atoms with van der Waals surface area (Å²) in [5.74, 6) is 0. The lowest BCUT2D eigenvalue weighted by Crippen LogP contribution is -2.16. The Balaban J connectivity index is 1.14. The third-order valence-corrected chi connectivity index (χ3v) is 10.9. The molecule has 1 aliphatic carbocycles. The Morgan fingerprint density at radius 1 is 0.451 bits per heavy atom. The van der Waals surface area contributed by atoms with Gasteiger partial charge in [-0.3, -0.25) is 0 Å². The van der Waals surface area contributed by atoms with Gasteiger partial charge < -0.3 is 9.32 Å². The predicted molar refractivity (Wildman–Crippen MR) is 214 cm³/mol. The summed E-state index contributed by atoms with van der Waals surface area (Å²) in [4.78, 5) is 2.46. The first-order valence-corrected chi connectivity index (χ1v) is 17.7. The number of hydrogen-bond donors (Lipinski definition) is 0. The van der Waals surface area contributed by atoms with Crippen molar-refractivity contribution in [2.75, 3.05) is 4.90 Å². The van der Waals surface area contributed by atoms with Crippen LogP contribution in [0, 0.1) is 0 Å². The minimum Gasteiger partial charge on any atom is -0.456 e. The van der Waals surface area contributed by atoms with Crippen LogP contribution < -0.4 is 4.90 Å². The van der Waals surface area contributed by atoms with Crippen molar-refractivity contribution in [1.29, 1.82) is 0 Å². The zero-order valence-corrected chi connectivity index (χ0v) is 28.6. The Morgan fingerprint density at radius 2 is 1.14 bits per heavy atom. The molecule has 2 nitrogen and oxygen atoms in total. The van der Waals surface area contributed by atoms with Gasteiger partial charge in [0.1, 0.15) is 11.2 Å². The maximum Gasteiger partial charge on any atom is 0.136 e. The van der Waals surface area contributed by atoms with Gasteiger partial charge in [-0.25, -0.2) is 0 Å². The molecule has 2 heteroatoms. The molecule has 0 saturated carbocycles. The van der Waals surface area contributed by atoms with E-state index in [1.54, 1.807) is 0 Å². The molecule has 9 aromatic rings. The molecule has 0 spiro atoms. The van der Waals surface area contributed by atoms with Crippen molar-refractivity contribution in [3.05, 3.63) is 187 Å². The Bertz CT molecular complexity index is 2770. The summed E-state index contributed by atoms with van der Waals surface area (Å²) in [6, 6.07) is 63.7. The monoisotopic (exact) mass is 653 g/mol. The van der Waals surface area contributed by atoms with Crippen molar-refractivity contribution < 1.29 is 4.42 Å². The summed E-state index contributed by atoms with van der Waals surface area (Å²) in [6.45, 7) is 4.70. The first kappa shape index (κ1) is 29.5. The van der Waals surface area contributed by atoms with Crippen molar-refractivity contribution in [3.63, 3.8) is 0 Å². The molecule has 0 unspecified atom stereocenters. The average molecular weight is 654 g/mol. The van der Waals surface area contributed by atoms with Crippen molar-refractivity contribution in [3.8, 4) is 33.4 Å². The lowest BCUT2D eigenvalue weighted by molar-refractivity contribution is 0.660. The third kappa shape index (κ3) is 4.57. The van der Waals surface area contributed by atoms with Gasteiger partial charge in [-0.15, -0.1) is 0 Å². The Hall–Kier alpha value is -6.38. The number of nitrogens with zero attached hydrogens (tertiary/aromatic N) is 1. The van der Waals surface area contributed by atoms with E-state index in [1.165, 1.54) is 66.4 Å². The van der Waals surface area contributed by atoms with Gasteiger partial charge in [-0.05, 0) is 86.6 Å². The van der Waals surface area contributed by atoms with Gasteiger partial charge >= 0.3 is 0 Å². The van der Waals surface area contributed by atoms with Gasteiger partial charge in [0.15, 0.2) is 0 Å². The number of fused-ring (bicyclic) bond motifs is 8. The molecule has 1 aliphatic rings. The molecule has 8 aromatic carbocycles. The second-order valence-electron chi connectivity index (χ2n) is 14.1. The fraction of sp³-hybridized carbons (Fsp3) is 0.0612. The van der Waals surface area contributed by atoms with E-state index in [9.17, 15) is 0 Å². The predicted octanol–water partition coefficient (Wildman–Crippen LogP) is 13.8. The molecular formula is C49H35NO. The van der Waals surface area contributed by atoms with Crippen LogP contribution in [0.2, 0.25) is 0 Å². The van der Waals surface area contributed by atoms with E-state index in [0.717, 1.165) is 27.9 Å². The second-order valence-corrected chi connectivity index (χ2v) is 14.1. The number of para-hydroxylation sites is 2. The standard InChI is InChI=1S/C49H35NO/c1-49(2)41-18-9-6-16-39(41)48-42(49)19-12-21-44(48)50(43-20-10-7-15-37(43)33-13-4-3-5-14-33)36-27-23-32(24-28-36)34-25-29-38-35(31-34)26-30-46-47(38)40-17-8-11-22-45(40)51-46/h3-31H,1-2H3. The van der Waals surface area contributed by atoms with E-state index in [0.29, 0.717) is 0 Å². The Kier molecular flexibility index (Phi) is 6.56. The van der Waals surface area contributed by atoms with Crippen LogP contribution in [0.3, 0.4) is 0 Å². The average Bonchev–Trinajstić information content (AvgIpc) is 3.68. The molecule has 0 fully saturated rings. The largest absolute Gasteiger partial charge is 0.456 e. The summed E-state index contributed by atoms with van der Waals surface area (Å²) in [5.41, 5.74) is 15.3. The Morgan fingerprint density at radius 3 is 2.00 bits per heavy atom. The van der Waals surface area contributed by atoms with E-state index >= 15 is 0 Å². The SMILES string of the molecule is CC1(C)c2ccccc2-c2c(N(c3ccc(-c4ccc5c(ccc6oc7ccccc7c65)c4)cc3)c3ccccc3-c3ccccc3)cccc21. The lowest BCUT2D eigenvalue weighted by Gasteiger charge is -2.30. The molecule has 0 aliphatic heterocycles. The van der Waals surface area contributed by atoms with Crippen LogP contribution in [-0.2, 0) is 5.41 Å². The maximum absolute atomic E-state index is 6.17. The lowest BCUT2D eigenvalue weighted by atomic mass is 9.82. The molecule has 0 atom stereocenters. The molecule has 0 bridgehead atoms. The first-order valence-electron chi connectivity index (χ1n) is 17.7. The third-order valence-electron chi connectivity index (χ3n) is 10.9. The van der Waals surface area contributed by atoms with Gasteiger partial charge in [0, 0.05) is 33.0 Å². The van der Waals surface area contributed by atoms with Gasteiger partial charge in [0.05, 0.1) is 11.4 Å². The highest BCUT2D eigenvalue weighted by atomic mass is 16.3. The summed E-state index contributed by atoms with van der Waals surface area (Å²) < 4.78 is 6.17. The highest BCUT2D eigenvalue weighted by Gasteiger charge is 2.37. The van der Waals surface area contributed by atoms with Crippen LogP contribution >= 0.6 is 0 Å². The van der Waals surface area contributed by atoms with Gasteiger partial charge in [-0.2, -0.15) is 0 Å². The van der Waals surface area contributed by atoms with Crippen LogP contribution in [0.1, 0.15) is 25.0 Å². The number of benzene rings is 8. The van der Waals surface area contributed by atoms with Gasteiger partial charge in [0.2, 0.25) is 0 Å². The summed E-state index contributed by atoms with van der Waals surface area (Å²) >= 11 is 0. The van der Waals surface area contributed by atoms with E-state index in [2.05, 4.69) is 183 Å². The maximum atomic E-state index is 6.17. The van der Waals surface area contributed by atoms with E-state index in [-0.39, 0.29) is 5.41 Å². The molecule has 51 heavy (non-hydrogen) atoms. The molecule has 1 aromatic heterocycles. The number of rotatable bonds is 5. The topological polar surface area (TPSA) is 16.4 Å². The summed E-state index contributed by atoms with van der Waals surface area (Å²) in [7, 11) is 0. The number of hydrogen-bond acceptors (Lipinski definition) is 2. The highest BCUT2D eigenvalue weighted by molar-refractivity contribution is 6.19. The van der Waals surface area contributed by atoms with E-state index in [4.69, 9.17) is 4.42 Å². The molecule has 0 radical (unpaired) electrons. The van der Waals surface area contributed by atoms with Crippen LogP contribution in [0.4, 0.5) is 17.1 Å². The molecule has 0 saturated heterocycles. The minimum atomic E-state index is -0.0964. The highest BCUT2D eigenvalue weighted by Crippen LogP contribution is 2.55. The van der Waals surface area contributed by atoms with Gasteiger partial charge in [0.25, 0.3) is 0 Å². The molecule has 1 heterocycles. The van der Waals surface area contributed by atoms with Gasteiger partial charge in [-0.1, -0.05) is 147 Å². The molecule has 10 rings (SSSR count). The van der Waals surface area contributed by atoms with Crippen LogP contribution in [0.5, 0.6) is 0 Å².